The first-order chi connectivity index (χ1) is 10.9. The lowest BCUT2D eigenvalue weighted by Gasteiger charge is -2.34. The minimum atomic E-state index is -3.26. The van der Waals surface area contributed by atoms with Crippen molar-refractivity contribution in [2.24, 2.45) is 0 Å². The van der Waals surface area contributed by atoms with Crippen LogP contribution in [0.3, 0.4) is 0 Å². The first-order valence-corrected chi connectivity index (χ1v) is 10.1. The molecule has 3 rings (SSSR count). The lowest BCUT2D eigenvalue weighted by atomic mass is 10.1. The van der Waals surface area contributed by atoms with Crippen LogP contribution in [0.1, 0.15) is 50.0 Å². The Bertz CT molecular complexity index is 636. The third-order valence-corrected chi connectivity index (χ3v) is 6.70. The molecule has 1 aliphatic heterocycles. The molecule has 6 nitrogen and oxygen atoms in total. The van der Waals surface area contributed by atoms with Crippen molar-refractivity contribution in [2.45, 2.75) is 63.7 Å². The van der Waals surface area contributed by atoms with Crippen molar-refractivity contribution in [3.8, 4) is 0 Å². The molecule has 0 radical (unpaired) electrons. The summed E-state index contributed by atoms with van der Waals surface area (Å²) in [5.74, 6) is 1.57. The SMILES string of the molecule is Cc1cc(N2CCC[C@H](S(=O)(=O)NC3CCCC3)C2)nc(C)n1. The number of aryl methyl sites for hydroxylation is 2. The molecule has 7 heteroatoms. The van der Waals surface area contributed by atoms with E-state index >= 15 is 0 Å². The Hall–Kier alpha value is -1.21. The Labute approximate surface area is 138 Å². The number of piperidine rings is 1. The van der Waals surface area contributed by atoms with E-state index in [4.69, 9.17) is 0 Å². The molecule has 1 aliphatic carbocycles. The highest BCUT2D eigenvalue weighted by Gasteiger charge is 2.33. The number of aromatic nitrogens is 2. The van der Waals surface area contributed by atoms with E-state index in [1.165, 1.54) is 0 Å². The van der Waals surface area contributed by atoms with Gasteiger partial charge in [-0.05, 0) is 39.5 Å². The van der Waals surface area contributed by atoms with Gasteiger partial charge in [0.15, 0.2) is 0 Å². The third-order valence-electron chi connectivity index (χ3n) is 4.78. The van der Waals surface area contributed by atoms with E-state index in [2.05, 4.69) is 19.6 Å². The molecular weight excluding hydrogens is 312 g/mol. The number of anilines is 1. The zero-order valence-corrected chi connectivity index (χ0v) is 14.8. The van der Waals surface area contributed by atoms with E-state index in [0.717, 1.165) is 62.4 Å². The standard InChI is InChI=1S/C16H26N4O2S/c1-12-10-16(18-13(2)17-12)20-9-5-8-15(11-20)23(21,22)19-14-6-3-4-7-14/h10,14-15,19H,3-9,11H2,1-2H3/t15-/m0/s1. The Morgan fingerprint density at radius 1 is 1.13 bits per heavy atom. The summed E-state index contributed by atoms with van der Waals surface area (Å²) in [7, 11) is -3.26. The van der Waals surface area contributed by atoms with Crippen LogP contribution in [0, 0.1) is 13.8 Å². The smallest absolute Gasteiger partial charge is 0.216 e. The van der Waals surface area contributed by atoms with Crippen LogP contribution < -0.4 is 9.62 Å². The van der Waals surface area contributed by atoms with Crippen LogP contribution in [0.25, 0.3) is 0 Å². The summed E-state index contributed by atoms with van der Waals surface area (Å²) in [6.45, 7) is 5.18. The van der Waals surface area contributed by atoms with Crippen molar-refractivity contribution >= 4 is 15.8 Å². The molecule has 1 saturated carbocycles. The summed E-state index contributed by atoms with van der Waals surface area (Å²) < 4.78 is 28.3. The molecule has 2 heterocycles. The molecule has 1 atom stereocenters. The second-order valence-electron chi connectivity index (χ2n) is 6.77. The highest BCUT2D eigenvalue weighted by molar-refractivity contribution is 7.90. The summed E-state index contributed by atoms with van der Waals surface area (Å²) in [5.41, 5.74) is 0.918. The monoisotopic (exact) mass is 338 g/mol. The van der Waals surface area contributed by atoms with Crippen LogP contribution in [0.15, 0.2) is 6.07 Å². The summed E-state index contributed by atoms with van der Waals surface area (Å²) in [6.07, 6.45) is 5.80. The second kappa shape index (κ2) is 6.73. The van der Waals surface area contributed by atoms with Gasteiger partial charge in [0.05, 0.1) is 5.25 Å². The molecule has 128 valence electrons. The van der Waals surface area contributed by atoms with Gasteiger partial charge in [-0.2, -0.15) is 0 Å². The zero-order chi connectivity index (χ0) is 16.4. The van der Waals surface area contributed by atoms with Crippen LogP contribution in [0.4, 0.5) is 5.82 Å². The molecule has 0 unspecified atom stereocenters. The molecule has 0 amide bonds. The number of nitrogens with one attached hydrogen (secondary N) is 1. The van der Waals surface area contributed by atoms with E-state index < -0.39 is 10.0 Å². The molecule has 1 aromatic heterocycles. The van der Waals surface area contributed by atoms with Gasteiger partial charge in [0.25, 0.3) is 0 Å². The summed E-state index contributed by atoms with van der Waals surface area (Å²) in [4.78, 5) is 10.9. The minimum Gasteiger partial charge on any atom is -0.355 e. The molecule has 0 aromatic carbocycles. The van der Waals surface area contributed by atoms with Gasteiger partial charge in [0.1, 0.15) is 11.6 Å². The van der Waals surface area contributed by atoms with Crippen molar-refractivity contribution in [2.75, 3.05) is 18.0 Å². The van der Waals surface area contributed by atoms with Gasteiger partial charge in [-0.25, -0.2) is 23.1 Å². The van der Waals surface area contributed by atoms with E-state index in [0.29, 0.717) is 6.54 Å². The van der Waals surface area contributed by atoms with Gasteiger partial charge in [-0.3, -0.25) is 0 Å². The van der Waals surface area contributed by atoms with Gasteiger partial charge in [0, 0.05) is 30.9 Å². The Kier molecular flexibility index (Phi) is 4.87. The Balaban J connectivity index is 1.72. The zero-order valence-electron chi connectivity index (χ0n) is 14.0. The number of rotatable bonds is 4. The van der Waals surface area contributed by atoms with E-state index in [1.54, 1.807) is 0 Å². The largest absolute Gasteiger partial charge is 0.355 e. The molecule has 2 aliphatic rings. The maximum absolute atomic E-state index is 12.7. The summed E-state index contributed by atoms with van der Waals surface area (Å²) >= 11 is 0. The van der Waals surface area contributed by atoms with Crippen molar-refractivity contribution in [1.82, 2.24) is 14.7 Å². The fraction of sp³-hybridized carbons (Fsp3) is 0.750. The molecular formula is C16H26N4O2S. The quantitative estimate of drug-likeness (QED) is 0.908. The lowest BCUT2D eigenvalue weighted by Crippen LogP contribution is -2.48. The first-order valence-electron chi connectivity index (χ1n) is 8.52. The van der Waals surface area contributed by atoms with Crippen molar-refractivity contribution in [3.05, 3.63) is 17.6 Å². The van der Waals surface area contributed by atoms with Gasteiger partial charge in [0.2, 0.25) is 10.0 Å². The van der Waals surface area contributed by atoms with E-state index in [1.807, 2.05) is 19.9 Å². The maximum Gasteiger partial charge on any atom is 0.216 e. The summed E-state index contributed by atoms with van der Waals surface area (Å²) in [6, 6.07) is 2.07. The second-order valence-corrected chi connectivity index (χ2v) is 8.76. The van der Waals surface area contributed by atoms with E-state index in [-0.39, 0.29) is 11.3 Å². The average molecular weight is 338 g/mol. The van der Waals surface area contributed by atoms with Crippen molar-refractivity contribution < 1.29 is 8.42 Å². The topological polar surface area (TPSA) is 75.2 Å². The number of sulfonamides is 1. The molecule has 0 bridgehead atoms. The van der Waals surface area contributed by atoms with Crippen LogP contribution >= 0.6 is 0 Å². The minimum absolute atomic E-state index is 0.138. The normalized spacial score (nSPS) is 23.4. The lowest BCUT2D eigenvalue weighted by molar-refractivity contribution is 0.504. The molecule has 2 fully saturated rings. The molecule has 1 saturated heterocycles. The highest BCUT2D eigenvalue weighted by Crippen LogP contribution is 2.24. The van der Waals surface area contributed by atoms with Crippen LogP contribution in [-0.4, -0.2) is 42.8 Å². The number of hydrogen-bond acceptors (Lipinski definition) is 5. The Morgan fingerprint density at radius 2 is 1.87 bits per heavy atom. The fourth-order valence-corrected chi connectivity index (χ4v) is 5.38. The average Bonchev–Trinajstić information content (AvgIpc) is 2.98. The fourth-order valence-electron chi connectivity index (χ4n) is 3.63. The van der Waals surface area contributed by atoms with Crippen molar-refractivity contribution in [3.63, 3.8) is 0 Å². The van der Waals surface area contributed by atoms with Crippen LogP contribution in [0.5, 0.6) is 0 Å². The predicted molar refractivity (Wildman–Crippen MR) is 91.1 cm³/mol. The maximum atomic E-state index is 12.7. The number of hydrogen-bond donors (Lipinski definition) is 1. The summed E-state index contributed by atoms with van der Waals surface area (Å²) in [5, 5.41) is -0.354. The van der Waals surface area contributed by atoms with Crippen molar-refractivity contribution in [1.29, 1.82) is 0 Å². The first kappa shape index (κ1) is 16.6. The van der Waals surface area contributed by atoms with Crippen LogP contribution in [0.2, 0.25) is 0 Å². The molecule has 0 spiro atoms. The molecule has 23 heavy (non-hydrogen) atoms. The Morgan fingerprint density at radius 3 is 2.57 bits per heavy atom. The van der Waals surface area contributed by atoms with Gasteiger partial charge >= 0.3 is 0 Å². The predicted octanol–water partition coefficient (Wildman–Crippen LogP) is 1.92. The van der Waals surface area contributed by atoms with Gasteiger partial charge in [-0.1, -0.05) is 12.8 Å². The number of nitrogens with zero attached hydrogens (tertiary/aromatic N) is 3. The third kappa shape index (κ3) is 4.01. The highest BCUT2D eigenvalue weighted by atomic mass is 32.2. The van der Waals surface area contributed by atoms with Crippen LogP contribution in [-0.2, 0) is 10.0 Å². The van der Waals surface area contributed by atoms with Gasteiger partial charge in [-0.15, -0.1) is 0 Å². The molecule has 1 N–H and O–H groups in total. The van der Waals surface area contributed by atoms with Gasteiger partial charge < -0.3 is 4.90 Å². The van der Waals surface area contributed by atoms with E-state index in [9.17, 15) is 8.42 Å². The molecule has 1 aromatic rings.